The molecule has 1 fully saturated rings. The zero-order valence-electron chi connectivity index (χ0n) is 23.1. The maximum atomic E-state index is 13.1. The number of aliphatic imine (C=N–C) groups is 2. The van der Waals surface area contributed by atoms with E-state index in [-0.39, 0.29) is 30.0 Å². The molecule has 3 heterocycles. The van der Waals surface area contributed by atoms with Crippen LogP contribution in [0.15, 0.2) is 58.3 Å². The van der Waals surface area contributed by atoms with Gasteiger partial charge >= 0.3 is 6.18 Å². The molecule has 2 aromatic heterocycles. The van der Waals surface area contributed by atoms with Crippen LogP contribution in [0.5, 0.6) is 5.88 Å². The predicted molar refractivity (Wildman–Crippen MR) is 146 cm³/mol. The highest BCUT2D eigenvalue weighted by atomic mass is 19.4. The molecule has 1 aromatic carbocycles. The van der Waals surface area contributed by atoms with Gasteiger partial charge in [-0.05, 0) is 32.0 Å². The minimum absolute atomic E-state index is 0.0606. The largest absolute Gasteiger partial charge is 0.480 e. The summed E-state index contributed by atoms with van der Waals surface area (Å²) < 4.78 is 46.2. The van der Waals surface area contributed by atoms with E-state index in [1.165, 1.54) is 25.1 Å². The predicted octanol–water partition coefficient (Wildman–Crippen LogP) is 4.39. The molecule has 3 aromatic rings. The highest BCUT2D eigenvalue weighted by Crippen LogP contribution is 2.42. The Morgan fingerprint density at radius 2 is 1.88 bits per heavy atom. The van der Waals surface area contributed by atoms with Gasteiger partial charge in [-0.3, -0.25) is 4.79 Å². The molecule has 41 heavy (non-hydrogen) atoms. The van der Waals surface area contributed by atoms with E-state index >= 15 is 0 Å². The number of methoxy groups -OCH3 is 1. The number of likely N-dealkylation sites (N-methyl/N-ethyl adjacent to an activating group) is 1. The Hall–Kier alpha value is -4.55. The number of aryl methyl sites for hydroxylation is 1. The second kappa shape index (κ2) is 10.8. The van der Waals surface area contributed by atoms with Gasteiger partial charge < -0.3 is 19.1 Å². The molecule has 0 saturated heterocycles. The molecular formula is C28H29F3N8O2. The molecule has 5 rings (SSSR count). The molecule has 1 saturated carbocycles. The number of benzene rings is 1. The molecule has 0 bridgehead atoms. The quantitative estimate of drug-likeness (QED) is 0.311. The number of nitrogens with zero attached hydrogens (tertiary/aromatic N) is 8. The van der Waals surface area contributed by atoms with Crippen molar-refractivity contribution in [2.24, 2.45) is 17.0 Å². The minimum atomic E-state index is -4.53. The van der Waals surface area contributed by atoms with Gasteiger partial charge in [0.1, 0.15) is 17.7 Å². The summed E-state index contributed by atoms with van der Waals surface area (Å²) in [6, 6.07) is 7.01. The van der Waals surface area contributed by atoms with E-state index in [4.69, 9.17) is 9.73 Å². The monoisotopic (exact) mass is 566 g/mol. The second-order valence-electron chi connectivity index (χ2n) is 9.98. The Morgan fingerprint density at radius 1 is 1.17 bits per heavy atom. The van der Waals surface area contributed by atoms with E-state index in [1.807, 2.05) is 4.90 Å². The molecule has 13 heteroatoms. The highest BCUT2D eigenvalue weighted by molar-refractivity contribution is 6.05. The number of aromatic nitrogens is 4. The van der Waals surface area contributed by atoms with Crippen LogP contribution in [0.1, 0.15) is 48.2 Å². The van der Waals surface area contributed by atoms with E-state index in [2.05, 4.69) is 26.7 Å². The van der Waals surface area contributed by atoms with Crippen LogP contribution >= 0.6 is 0 Å². The average Bonchev–Trinajstić information content (AvgIpc) is 3.72. The lowest BCUT2D eigenvalue weighted by Crippen LogP contribution is -2.43. The lowest BCUT2D eigenvalue weighted by molar-refractivity contribution is -0.141. The molecular weight excluding hydrogens is 537 g/mol. The van der Waals surface area contributed by atoms with Crippen LogP contribution < -0.4 is 4.74 Å². The van der Waals surface area contributed by atoms with Crippen LogP contribution in [0.25, 0.3) is 11.4 Å². The fourth-order valence-electron chi connectivity index (χ4n) is 4.73. The Morgan fingerprint density at radius 3 is 2.46 bits per heavy atom. The number of hydrogen-bond donors (Lipinski definition) is 0. The third-order valence-electron chi connectivity index (χ3n) is 7.16. The zero-order valence-corrected chi connectivity index (χ0v) is 23.1. The Kier molecular flexibility index (Phi) is 7.37. The summed E-state index contributed by atoms with van der Waals surface area (Å²) in [7, 11) is 4.72. The van der Waals surface area contributed by atoms with Crippen molar-refractivity contribution in [3.8, 4) is 17.3 Å². The first-order valence-corrected chi connectivity index (χ1v) is 12.9. The number of hydrogen-bond acceptors (Lipinski definition) is 7. The fraction of sp³-hybridized carbons (Fsp3) is 0.357. The Bertz CT molecular complexity index is 1560. The number of halogens is 3. The van der Waals surface area contributed by atoms with Crippen molar-refractivity contribution in [2.75, 3.05) is 20.7 Å². The first-order valence-electron chi connectivity index (χ1n) is 12.9. The first-order chi connectivity index (χ1) is 19.5. The van der Waals surface area contributed by atoms with Crippen LogP contribution in [0, 0.1) is 0 Å². The van der Waals surface area contributed by atoms with E-state index in [1.54, 1.807) is 43.1 Å². The van der Waals surface area contributed by atoms with E-state index in [0.717, 1.165) is 30.3 Å². The summed E-state index contributed by atoms with van der Waals surface area (Å²) in [5.74, 6) is 1.50. The van der Waals surface area contributed by atoms with Crippen LogP contribution in [0.3, 0.4) is 0 Å². The van der Waals surface area contributed by atoms with E-state index in [0.29, 0.717) is 35.1 Å². The highest BCUT2D eigenvalue weighted by Gasteiger charge is 2.35. The van der Waals surface area contributed by atoms with Crippen molar-refractivity contribution in [1.29, 1.82) is 0 Å². The second-order valence-corrected chi connectivity index (χ2v) is 9.98. The first kappa shape index (κ1) is 28.0. The summed E-state index contributed by atoms with van der Waals surface area (Å²) in [6.07, 6.45) is -0.120. The number of amidine groups is 1. The van der Waals surface area contributed by atoms with Gasteiger partial charge in [0, 0.05) is 38.3 Å². The van der Waals surface area contributed by atoms with Gasteiger partial charge in [-0.2, -0.15) is 13.2 Å². The number of allylic oxidation sites excluding steroid dienone is 1. The molecule has 10 nitrogen and oxygen atoms in total. The van der Waals surface area contributed by atoms with Crippen molar-refractivity contribution in [3.63, 3.8) is 0 Å². The maximum absolute atomic E-state index is 13.1. The number of ether oxygens (including phenoxy) is 1. The standard InChI is InChI=1S/C28H29F3N8O2/c1-16-25(36-24(32-2)22-23(18-10-11-18)33-15-34-27(22)41-5)39(14-21(40)38(16)4)12-17-6-8-19(9-7-17)26-35-20(13-37(26)3)28(29,30)31/h6-9,13,15,18H,2,10-12,14H2,1,3-5H3/b36-24-. The molecule has 0 radical (unpaired) electrons. The summed E-state index contributed by atoms with van der Waals surface area (Å²) >= 11 is 0. The molecule has 2 aliphatic rings. The van der Waals surface area contributed by atoms with Crippen molar-refractivity contribution in [3.05, 3.63) is 70.8 Å². The Balaban J connectivity index is 1.48. The van der Waals surface area contributed by atoms with E-state index < -0.39 is 11.9 Å². The fourth-order valence-corrected chi connectivity index (χ4v) is 4.73. The summed E-state index contributed by atoms with van der Waals surface area (Å²) in [6.45, 7) is 5.91. The van der Waals surface area contributed by atoms with Crippen molar-refractivity contribution >= 4 is 18.5 Å². The van der Waals surface area contributed by atoms with Gasteiger partial charge in [0.05, 0.1) is 25.0 Å². The summed E-state index contributed by atoms with van der Waals surface area (Å²) in [5, 5.41) is 0. The molecule has 1 aliphatic carbocycles. The topological polar surface area (TPSA) is 101 Å². The van der Waals surface area contributed by atoms with Crippen LogP contribution in [-0.4, -0.2) is 68.5 Å². The number of imidazole rings is 1. The van der Waals surface area contributed by atoms with Gasteiger partial charge in [-0.1, -0.05) is 24.3 Å². The maximum Gasteiger partial charge on any atom is 0.434 e. The molecule has 214 valence electrons. The van der Waals surface area contributed by atoms with E-state index in [9.17, 15) is 18.0 Å². The average molecular weight is 567 g/mol. The zero-order chi connectivity index (χ0) is 29.5. The van der Waals surface area contributed by atoms with Crippen LogP contribution in [0.4, 0.5) is 13.2 Å². The van der Waals surface area contributed by atoms with Gasteiger partial charge in [-0.25, -0.2) is 24.9 Å². The molecule has 0 atom stereocenters. The lowest BCUT2D eigenvalue weighted by atomic mass is 10.1. The summed E-state index contributed by atoms with van der Waals surface area (Å²) in [4.78, 5) is 37.7. The third-order valence-corrected chi connectivity index (χ3v) is 7.16. The smallest absolute Gasteiger partial charge is 0.434 e. The molecule has 0 spiro atoms. The molecule has 1 aliphatic heterocycles. The Labute approximate surface area is 234 Å². The number of alkyl halides is 3. The summed E-state index contributed by atoms with van der Waals surface area (Å²) in [5.41, 5.74) is 2.40. The number of rotatable bonds is 7. The number of amides is 1. The van der Waals surface area contributed by atoms with Crippen molar-refractivity contribution in [2.45, 2.75) is 38.4 Å². The van der Waals surface area contributed by atoms with Gasteiger partial charge in [0.25, 0.3) is 0 Å². The SMILES string of the molecule is C=N/C(=N\C1=C(C)N(C)C(=O)CN1Cc1ccc(-c2nc(C(F)(F)F)cn2C)cc1)c1c(OC)ncnc1C1CC1. The van der Waals surface area contributed by atoms with Crippen LogP contribution in [-0.2, 0) is 24.6 Å². The third kappa shape index (κ3) is 5.56. The van der Waals surface area contributed by atoms with Gasteiger partial charge in [0.15, 0.2) is 17.4 Å². The van der Waals surface area contributed by atoms with Crippen LogP contribution in [0.2, 0.25) is 0 Å². The molecule has 0 unspecified atom stereocenters. The lowest BCUT2D eigenvalue weighted by Gasteiger charge is -2.35. The van der Waals surface area contributed by atoms with Gasteiger partial charge in [-0.15, -0.1) is 0 Å². The number of carbonyl (C=O) groups excluding carboxylic acids is 1. The van der Waals surface area contributed by atoms with Crippen molar-refractivity contribution < 1.29 is 22.7 Å². The normalized spacial score (nSPS) is 16.5. The van der Waals surface area contributed by atoms with Gasteiger partial charge in [0.2, 0.25) is 11.8 Å². The molecule has 0 N–H and O–H groups in total. The minimum Gasteiger partial charge on any atom is -0.480 e. The molecule has 1 amide bonds. The number of carbonyl (C=O) groups is 1. The van der Waals surface area contributed by atoms with Crippen molar-refractivity contribution in [1.82, 2.24) is 29.3 Å².